The second-order valence-electron chi connectivity index (χ2n) is 10.8. The molecule has 5 heteroatoms. The van der Waals surface area contributed by atoms with Gasteiger partial charge < -0.3 is 25.2 Å². The van der Waals surface area contributed by atoms with Crippen LogP contribution >= 0.6 is 0 Å². The Labute approximate surface area is 206 Å². The van der Waals surface area contributed by atoms with Crippen LogP contribution in [0.4, 0.5) is 5.69 Å². The van der Waals surface area contributed by atoms with Gasteiger partial charge in [-0.2, -0.15) is 0 Å². The number of phenols is 1. The molecule has 2 bridgehead atoms. The second kappa shape index (κ2) is 7.74. The van der Waals surface area contributed by atoms with Crippen LogP contribution in [-0.2, 0) is 24.9 Å². The highest BCUT2D eigenvalue weighted by Crippen LogP contribution is 2.65. The predicted molar refractivity (Wildman–Crippen MR) is 136 cm³/mol. The maximum atomic E-state index is 12.2. The highest BCUT2D eigenvalue weighted by atomic mass is 16.5. The quantitative estimate of drug-likeness (QED) is 0.517. The van der Waals surface area contributed by atoms with Crippen LogP contribution in [0.25, 0.3) is 0 Å². The number of nitrogens with one attached hydrogen (secondary N) is 1. The predicted octanol–water partition coefficient (Wildman–Crippen LogP) is 4.43. The summed E-state index contributed by atoms with van der Waals surface area (Å²) in [5.74, 6) is 0.821. The Morgan fingerprint density at radius 1 is 0.971 bits per heavy atom. The van der Waals surface area contributed by atoms with Gasteiger partial charge in [-0.15, -0.1) is 0 Å². The summed E-state index contributed by atoms with van der Waals surface area (Å²) in [6.07, 6.45) is 4.17. The van der Waals surface area contributed by atoms with E-state index in [9.17, 15) is 10.2 Å². The molecule has 1 saturated carbocycles. The molecular weight excluding hydrogens is 436 g/mol. The molecule has 4 aliphatic rings. The van der Waals surface area contributed by atoms with Crippen molar-refractivity contribution in [3.05, 3.63) is 89.0 Å². The van der Waals surface area contributed by atoms with E-state index in [2.05, 4.69) is 58.7 Å². The van der Waals surface area contributed by atoms with Gasteiger partial charge >= 0.3 is 0 Å². The van der Waals surface area contributed by atoms with E-state index in [1.165, 1.54) is 16.7 Å². The van der Waals surface area contributed by atoms with E-state index >= 15 is 0 Å². The van der Waals surface area contributed by atoms with Crippen molar-refractivity contribution < 1.29 is 14.9 Å². The molecule has 0 amide bonds. The molecule has 0 radical (unpaired) electrons. The van der Waals surface area contributed by atoms with Crippen molar-refractivity contribution in [3.8, 4) is 11.5 Å². The van der Waals surface area contributed by atoms with Crippen molar-refractivity contribution in [3.63, 3.8) is 0 Å². The summed E-state index contributed by atoms with van der Waals surface area (Å²) >= 11 is 0. The maximum Gasteiger partial charge on any atom is 0.165 e. The van der Waals surface area contributed by atoms with E-state index in [0.717, 1.165) is 63.0 Å². The third kappa shape index (κ3) is 2.95. The fourth-order valence-corrected chi connectivity index (χ4v) is 7.62. The van der Waals surface area contributed by atoms with Crippen LogP contribution in [0.15, 0.2) is 66.7 Å². The molecular formula is C30H32N2O3. The number of hydrogen-bond acceptors (Lipinski definition) is 5. The molecule has 0 aromatic heterocycles. The van der Waals surface area contributed by atoms with Crippen molar-refractivity contribution in [1.82, 2.24) is 5.32 Å². The van der Waals surface area contributed by atoms with E-state index in [1.807, 2.05) is 18.2 Å². The van der Waals surface area contributed by atoms with E-state index in [0.29, 0.717) is 5.75 Å². The molecule has 3 aromatic rings. The molecule has 1 spiro atoms. The summed E-state index contributed by atoms with van der Waals surface area (Å²) in [6.45, 7) is 2.34. The summed E-state index contributed by atoms with van der Waals surface area (Å²) in [5, 5.41) is 27.1. The smallest absolute Gasteiger partial charge is 0.165 e. The van der Waals surface area contributed by atoms with Gasteiger partial charge in [-0.1, -0.05) is 60.7 Å². The zero-order valence-corrected chi connectivity index (χ0v) is 19.9. The first-order chi connectivity index (χ1) is 17.1. The monoisotopic (exact) mass is 468 g/mol. The number of rotatable bonds is 5. The number of phenolic OH excluding ortho intramolecular Hbond substituents is 1. The Bertz CT molecular complexity index is 1220. The molecule has 0 unspecified atom stereocenters. The lowest BCUT2D eigenvalue weighted by Crippen LogP contribution is -2.74. The third-order valence-electron chi connectivity index (χ3n) is 9.06. The average Bonchev–Trinajstić information content (AvgIpc) is 3.20. The highest BCUT2D eigenvalue weighted by molar-refractivity contribution is 5.72. The van der Waals surface area contributed by atoms with E-state index in [4.69, 9.17) is 4.74 Å². The van der Waals surface area contributed by atoms with Crippen molar-refractivity contribution >= 4 is 5.69 Å². The number of aliphatic hydroxyl groups is 1. The zero-order chi connectivity index (χ0) is 23.6. The molecule has 3 aromatic carbocycles. The minimum Gasteiger partial charge on any atom is -0.504 e. The van der Waals surface area contributed by atoms with Gasteiger partial charge in [0.05, 0.1) is 11.0 Å². The molecule has 2 heterocycles. The van der Waals surface area contributed by atoms with Crippen LogP contribution in [-0.4, -0.2) is 34.5 Å². The fraction of sp³-hybridized carbons (Fsp3) is 0.400. The summed E-state index contributed by atoms with van der Waals surface area (Å²) in [7, 11) is 0. The second-order valence-corrected chi connectivity index (χ2v) is 10.8. The molecule has 2 aliphatic heterocycles. The van der Waals surface area contributed by atoms with Gasteiger partial charge in [0, 0.05) is 36.4 Å². The van der Waals surface area contributed by atoms with Gasteiger partial charge in [-0.3, -0.25) is 0 Å². The van der Waals surface area contributed by atoms with Crippen molar-refractivity contribution in [1.29, 1.82) is 0 Å². The highest BCUT2D eigenvalue weighted by Gasteiger charge is 2.70. The molecule has 2 fully saturated rings. The van der Waals surface area contributed by atoms with E-state index in [1.54, 1.807) is 0 Å². The maximum absolute atomic E-state index is 12.2. The van der Waals surface area contributed by atoms with Crippen LogP contribution in [0, 0.1) is 0 Å². The molecule has 2 aliphatic carbocycles. The minimum absolute atomic E-state index is 0.000284. The fourth-order valence-electron chi connectivity index (χ4n) is 7.62. The zero-order valence-electron chi connectivity index (χ0n) is 19.9. The van der Waals surface area contributed by atoms with Gasteiger partial charge in [-0.05, 0) is 55.3 Å². The number of piperidine rings is 1. The van der Waals surface area contributed by atoms with Crippen LogP contribution in [0.2, 0.25) is 0 Å². The Morgan fingerprint density at radius 2 is 1.66 bits per heavy atom. The molecule has 7 rings (SSSR count). The molecule has 180 valence electrons. The standard InChI is InChI=1S/C30H32N2O3/c33-24-17-23(32(18-20-8-3-1-4-9-20)19-21-10-5-2-6-11-21)22-16-25-30(34)13-7-12-26-29(30,14-15-31-25)27(22)28(24)35-26/h1-6,8-11,17,25-26,31,33-34H,7,12-16,18-19H2/t25-,26+,29-,30-/m1/s1. The first-order valence-corrected chi connectivity index (χ1v) is 12.9. The van der Waals surface area contributed by atoms with Crippen molar-refractivity contribution in [2.75, 3.05) is 11.4 Å². The lowest BCUT2D eigenvalue weighted by atomic mass is 9.49. The van der Waals surface area contributed by atoms with Crippen molar-refractivity contribution in [2.45, 2.75) is 68.4 Å². The van der Waals surface area contributed by atoms with Gasteiger partial charge in [-0.25, -0.2) is 0 Å². The number of aromatic hydroxyl groups is 1. The lowest BCUT2D eigenvalue weighted by Gasteiger charge is -2.60. The minimum atomic E-state index is -0.832. The molecule has 3 N–H and O–H groups in total. The van der Waals surface area contributed by atoms with Crippen LogP contribution in [0.3, 0.4) is 0 Å². The van der Waals surface area contributed by atoms with Crippen LogP contribution < -0.4 is 15.0 Å². The summed E-state index contributed by atoms with van der Waals surface area (Å²) in [4.78, 5) is 2.38. The Balaban J connectivity index is 1.41. The topological polar surface area (TPSA) is 65.0 Å². The Morgan fingerprint density at radius 3 is 2.34 bits per heavy atom. The molecule has 4 atom stereocenters. The van der Waals surface area contributed by atoms with Gasteiger partial charge in [0.1, 0.15) is 6.10 Å². The normalized spacial score (nSPS) is 29.9. The largest absolute Gasteiger partial charge is 0.504 e. The third-order valence-corrected chi connectivity index (χ3v) is 9.06. The number of ether oxygens (including phenoxy) is 1. The first kappa shape index (κ1) is 21.3. The van der Waals surface area contributed by atoms with Gasteiger partial charge in [0.25, 0.3) is 0 Å². The summed E-state index contributed by atoms with van der Waals surface area (Å²) < 4.78 is 6.49. The molecule has 35 heavy (non-hydrogen) atoms. The number of anilines is 1. The van der Waals surface area contributed by atoms with Gasteiger partial charge in [0.15, 0.2) is 11.5 Å². The SMILES string of the molecule is Oc1cc(N(Cc2ccccc2)Cc2ccccc2)c2c3c1O[C@H]1CCC[C@@]4(O)[C@@H](C2)NCC[C@]314. The Hall–Kier alpha value is -3.02. The Kier molecular flexibility index (Phi) is 4.71. The van der Waals surface area contributed by atoms with E-state index < -0.39 is 11.0 Å². The number of nitrogens with zero attached hydrogens (tertiary/aromatic N) is 1. The van der Waals surface area contributed by atoms with Crippen LogP contribution in [0.1, 0.15) is 47.9 Å². The summed E-state index contributed by atoms with van der Waals surface area (Å²) in [5.41, 5.74) is 4.56. The van der Waals surface area contributed by atoms with Gasteiger partial charge in [0.2, 0.25) is 0 Å². The average molecular weight is 469 g/mol. The van der Waals surface area contributed by atoms with E-state index in [-0.39, 0.29) is 17.9 Å². The molecule has 1 saturated heterocycles. The summed E-state index contributed by atoms with van der Waals surface area (Å²) in [6, 6.07) is 22.9. The first-order valence-electron chi connectivity index (χ1n) is 12.9. The lowest BCUT2D eigenvalue weighted by molar-refractivity contribution is -0.149. The number of benzene rings is 3. The molecule has 5 nitrogen and oxygen atoms in total. The van der Waals surface area contributed by atoms with Crippen LogP contribution in [0.5, 0.6) is 11.5 Å². The number of hydrogen-bond donors (Lipinski definition) is 3. The van der Waals surface area contributed by atoms with Crippen molar-refractivity contribution in [2.24, 2.45) is 0 Å².